The van der Waals surface area contributed by atoms with Crippen LogP contribution in [0.4, 0.5) is 0 Å². The zero-order valence-electron chi connectivity index (χ0n) is 17.3. The van der Waals surface area contributed by atoms with Crippen molar-refractivity contribution >= 4 is 16.7 Å². The van der Waals surface area contributed by atoms with Gasteiger partial charge in [0, 0.05) is 23.8 Å². The van der Waals surface area contributed by atoms with Crippen LogP contribution in [0.25, 0.3) is 16.5 Å². The molecule has 2 atom stereocenters. The van der Waals surface area contributed by atoms with Crippen LogP contribution in [0.3, 0.4) is 0 Å². The average Bonchev–Trinajstić information content (AvgIpc) is 3.35. The molecule has 0 saturated carbocycles. The first kappa shape index (κ1) is 19.2. The smallest absolute Gasteiger partial charge is 0.256 e. The molecule has 5 rings (SSSR count). The number of amides is 1. The number of hydrogen-bond donors (Lipinski definition) is 0. The van der Waals surface area contributed by atoms with Crippen LogP contribution in [0.5, 0.6) is 5.75 Å². The van der Waals surface area contributed by atoms with Gasteiger partial charge in [0.1, 0.15) is 11.9 Å². The number of likely N-dealkylation sites (tertiary alicyclic amines) is 1. The topological polar surface area (TPSA) is 73.1 Å². The zero-order valence-corrected chi connectivity index (χ0v) is 17.3. The highest BCUT2D eigenvalue weighted by Gasteiger charge is 2.32. The van der Waals surface area contributed by atoms with E-state index in [-0.39, 0.29) is 18.1 Å². The molecule has 0 aliphatic carbocycles. The summed E-state index contributed by atoms with van der Waals surface area (Å²) in [5.41, 5.74) is 1.26. The van der Waals surface area contributed by atoms with Gasteiger partial charge in [0.2, 0.25) is 0 Å². The van der Waals surface area contributed by atoms with Crippen molar-refractivity contribution in [2.75, 3.05) is 6.54 Å². The van der Waals surface area contributed by atoms with E-state index in [1.807, 2.05) is 59.6 Å². The summed E-state index contributed by atoms with van der Waals surface area (Å²) in [5, 5.41) is 10.5. The van der Waals surface area contributed by atoms with E-state index in [9.17, 15) is 4.79 Å². The Morgan fingerprint density at radius 3 is 2.71 bits per heavy atom. The number of pyridine rings is 1. The molecule has 0 spiro atoms. The van der Waals surface area contributed by atoms with E-state index in [0.717, 1.165) is 29.4 Å². The lowest BCUT2D eigenvalue weighted by Crippen LogP contribution is -2.49. The number of aromatic nitrogens is 4. The van der Waals surface area contributed by atoms with Crippen LogP contribution >= 0.6 is 0 Å². The number of ether oxygens (including phenoxy) is 1. The molecule has 7 heteroatoms. The van der Waals surface area contributed by atoms with Gasteiger partial charge in [-0.15, -0.1) is 0 Å². The van der Waals surface area contributed by atoms with Gasteiger partial charge in [0.25, 0.3) is 5.91 Å². The van der Waals surface area contributed by atoms with Crippen molar-refractivity contribution in [3.05, 3.63) is 78.9 Å². The third-order valence-electron chi connectivity index (χ3n) is 5.81. The summed E-state index contributed by atoms with van der Waals surface area (Å²) in [5.74, 6) is 0.770. The van der Waals surface area contributed by atoms with E-state index in [1.54, 1.807) is 18.6 Å². The Labute approximate surface area is 180 Å². The van der Waals surface area contributed by atoms with Crippen molar-refractivity contribution in [1.29, 1.82) is 0 Å². The molecule has 4 aromatic rings. The molecule has 1 aliphatic rings. The van der Waals surface area contributed by atoms with Crippen molar-refractivity contribution in [2.24, 2.45) is 0 Å². The van der Waals surface area contributed by atoms with E-state index in [2.05, 4.69) is 22.1 Å². The van der Waals surface area contributed by atoms with Crippen LogP contribution in [0.2, 0.25) is 0 Å². The van der Waals surface area contributed by atoms with Crippen molar-refractivity contribution in [3.8, 4) is 11.4 Å². The molecule has 0 N–H and O–H groups in total. The predicted octanol–water partition coefficient (Wildman–Crippen LogP) is 3.89. The summed E-state index contributed by atoms with van der Waals surface area (Å²) < 4.78 is 6.37. The number of nitrogens with zero attached hydrogens (tertiary/aromatic N) is 5. The third kappa shape index (κ3) is 3.74. The molecule has 1 amide bonds. The summed E-state index contributed by atoms with van der Waals surface area (Å²) in [4.78, 5) is 21.2. The second kappa shape index (κ2) is 8.18. The minimum absolute atomic E-state index is 0.0340. The Morgan fingerprint density at radius 2 is 1.84 bits per heavy atom. The molecule has 7 nitrogen and oxygen atoms in total. The zero-order chi connectivity index (χ0) is 21.2. The fraction of sp³-hybridized carbons (Fsp3) is 0.250. The monoisotopic (exact) mass is 413 g/mol. The molecule has 156 valence electrons. The lowest BCUT2D eigenvalue weighted by Gasteiger charge is -2.38. The molecule has 1 fully saturated rings. The Morgan fingerprint density at radius 1 is 1.00 bits per heavy atom. The van der Waals surface area contributed by atoms with E-state index in [4.69, 9.17) is 4.74 Å². The third-order valence-corrected chi connectivity index (χ3v) is 5.81. The normalized spacial score (nSPS) is 18.8. The number of rotatable bonds is 4. The Bertz CT molecular complexity index is 1200. The van der Waals surface area contributed by atoms with E-state index in [0.29, 0.717) is 17.8 Å². The van der Waals surface area contributed by atoms with Gasteiger partial charge >= 0.3 is 0 Å². The highest BCUT2D eigenvalue weighted by molar-refractivity contribution is 5.98. The Balaban J connectivity index is 1.40. The molecular formula is C24H23N5O2. The minimum Gasteiger partial charge on any atom is -0.488 e. The summed E-state index contributed by atoms with van der Waals surface area (Å²) in [6.45, 7) is 2.61. The lowest BCUT2D eigenvalue weighted by atomic mass is 9.99. The van der Waals surface area contributed by atoms with Crippen molar-refractivity contribution < 1.29 is 9.53 Å². The lowest BCUT2D eigenvalue weighted by molar-refractivity contribution is 0.0388. The van der Waals surface area contributed by atoms with Gasteiger partial charge in [-0.25, -0.2) is 0 Å². The van der Waals surface area contributed by atoms with Crippen molar-refractivity contribution in [2.45, 2.75) is 31.9 Å². The fourth-order valence-corrected chi connectivity index (χ4v) is 4.14. The molecule has 0 radical (unpaired) electrons. The van der Waals surface area contributed by atoms with Crippen LogP contribution in [-0.4, -0.2) is 49.5 Å². The second-order valence-corrected chi connectivity index (χ2v) is 7.81. The first-order valence-electron chi connectivity index (χ1n) is 10.5. The number of para-hydroxylation sites is 1. The number of hydrogen-bond acceptors (Lipinski definition) is 5. The van der Waals surface area contributed by atoms with Crippen LogP contribution in [0, 0.1) is 0 Å². The number of carbonyl (C=O) groups is 1. The maximum absolute atomic E-state index is 13.5. The molecular weight excluding hydrogens is 390 g/mol. The van der Waals surface area contributed by atoms with Gasteiger partial charge in [-0.2, -0.15) is 15.0 Å². The van der Waals surface area contributed by atoms with Crippen LogP contribution < -0.4 is 4.74 Å². The summed E-state index contributed by atoms with van der Waals surface area (Å²) in [6, 6.07) is 15.5. The van der Waals surface area contributed by atoms with E-state index >= 15 is 0 Å². The quantitative estimate of drug-likeness (QED) is 0.508. The number of fused-ring (bicyclic) bond motifs is 1. The second-order valence-electron chi connectivity index (χ2n) is 7.81. The highest BCUT2D eigenvalue weighted by atomic mass is 16.5. The molecule has 1 saturated heterocycles. The summed E-state index contributed by atoms with van der Waals surface area (Å²) in [6.07, 6.45) is 8.50. The molecule has 0 bridgehead atoms. The fourth-order valence-electron chi connectivity index (χ4n) is 4.14. The van der Waals surface area contributed by atoms with E-state index in [1.165, 1.54) is 4.80 Å². The SMILES string of the molecule is C[C@@H]1CC[C@H](Oc2cccc3ccncc23)CN1C(=O)c1ccccc1-n1nccn1. The van der Waals surface area contributed by atoms with Crippen molar-refractivity contribution in [1.82, 2.24) is 24.9 Å². The van der Waals surface area contributed by atoms with Gasteiger partial charge < -0.3 is 9.64 Å². The van der Waals surface area contributed by atoms with Gasteiger partial charge in [0.05, 0.1) is 30.2 Å². The Kier molecular flexibility index (Phi) is 5.08. The van der Waals surface area contributed by atoms with Crippen molar-refractivity contribution in [3.63, 3.8) is 0 Å². The summed E-state index contributed by atoms with van der Waals surface area (Å²) in [7, 11) is 0. The maximum atomic E-state index is 13.5. The predicted molar refractivity (Wildman–Crippen MR) is 117 cm³/mol. The highest BCUT2D eigenvalue weighted by Crippen LogP contribution is 2.29. The molecule has 2 aromatic heterocycles. The largest absolute Gasteiger partial charge is 0.488 e. The number of piperidine rings is 1. The van der Waals surface area contributed by atoms with Crippen LogP contribution in [-0.2, 0) is 0 Å². The minimum atomic E-state index is -0.0825. The number of benzene rings is 2. The average molecular weight is 413 g/mol. The Hall–Kier alpha value is -3.74. The van der Waals surface area contributed by atoms with Gasteiger partial charge in [0.15, 0.2) is 0 Å². The standard InChI is InChI=1S/C24H23N5O2/c1-17-9-10-19(31-23-8-4-5-18-11-12-25-15-21(18)23)16-28(17)24(30)20-6-2-3-7-22(20)29-26-13-14-27-29/h2-8,11-15,17,19H,9-10,16H2,1H3/t17-,19+/m1/s1. The maximum Gasteiger partial charge on any atom is 0.256 e. The van der Waals surface area contributed by atoms with Gasteiger partial charge in [-0.3, -0.25) is 9.78 Å². The van der Waals surface area contributed by atoms with Gasteiger partial charge in [-0.1, -0.05) is 24.3 Å². The first-order valence-corrected chi connectivity index (χ1v) is 10.5. The van der Waals surface area contributed by atoms with Crippen LogP contribution in [0.15, 0.2) is 73.3 Å². The van der Waals surface area contributed by atoms with E-state index < -0.39 is 0 Å². The number of carbonyl (C=O) groups excluding carboxylic acids is 1. The molecule has 3 heterocycles. The molecule has 0 unspecified atom stereocenters. The molecule has 2 aromatic carbocycles. The van der Waals surface area contributed by atoms with Crippen LogP contribution in [0.1, 0.15) is 30.1 Å². The van der Waals surface area contributed by atoms with Gasteiger partial charge in [-0.05, 0) is 49.4 Å². The first-order chi connectivity index (χ1) is 15.2. The molecule has 1 aliphatic heterocycles. The summed E-state index contributed by atoms with van der Waals surface area (Å²) >= 11 is 0. The molecule has 31 heavy (non-hydrogen) atoms.